The van der Waals surface area contributed by atoms with Gasteiger partial charge in [0.15, 0.2) is 0 Å². The zero-order chi connectivity index (χ0) is 23.3. The Morgan fingerprint density at radius 1 is 1.19 bits per heavy atom. The smallest absolute Gasteiger partial charge is 0.416 e. The second kappa shape index (κ2) is 9.87. The molecular formula is C18H9Cl3F3N3O4. The van der Waals surface area contributed by atoms with Crippen LogP contribution >= 0.6 is 34.8 Å². The first kappa shape index (κ1) is 24.3. The number of nitrogens with one attached hydrogen (secondary N) is 1. The summed E-state index contributed by atoms with van der Waals surface area (Å²) in [6.45, 7) is -0.317. The molecule has 162 valence electrons. The summed E-state index contributed by atoms with van der Waals surface area (Å²) in [5.74, 6) is -1.29. The van der Waals surface area contributed by atoms with Gasteiger partial charge in [0.1, 0.15) is 27.6 Å². The minimum absolute atomic E-state index is 0.116. The molecule has 0 spiro atoms. The molecule has 0 saturated carbocycles. The number of carbonyl (C=O) groups excluding carboxylic acids is 1. The summed E-state index contributed by atoms with van der Waals surface area (Å²) >= 11 is 16.6. The maximum absolute atomic E-state index is 12.8. The van der Waals surface area contributed by atoms with Gasteiger partial charge in [0.25, 0.3) is 11.6 Å². The zero-order valence-corrected chi connectivity index (χ0v) is 17.2. The van der Waals surface area contributed by atoms with Crippen molar-refractivity contribution >= 4 is 46.4 Å². The van der Waals surface area contributed by atoms with E-state index in [9.17, 15) is 28.1 Å². The predicted molar refractivity (Wildman–Crippen MR) is 106 cm³/mol. The van der Waals surface area contributed by atoms with E-state index in [0.717, 1.165) is 24.3 Å². The summed E-state index contributed by atoms with van der Waals surface area (Å²) in [5.41, 5.74) is -2.48. The Balaban J connectivity index is 2.38. The number of benzene rings is 2. The lowest BCUT2D eigenvalue weighted by molar-refractivity contribution is -0.385. The molecule has 0 aromatic heterocycles. The van der Waals surface area contributed by atoms with Crippen LogP contribution in [0.25, 0.3) is 0 Å². The highest BCUT2D eigenvalue weighted by Gasteiger charge is 2.31. The number of amides is 1. The van der Waals surface area contributed by atoms with Gasteiger partial charge in [-0.15, -0.1) is 0 Å². The maximum atomic E-state index is 12.8. The molecule has 0 atom stereocenters. The molecule has 0 aliphatic rings. The van der Waals surface area contributed by atoms with E-state index in [1.54, 1.807) is 6.07 Å². The van der Waals surface area contributed by atoms with Crippen molar-refractivity contribution in [3.05, 3.63) is 72.7 Å². The third kappa shape index (κ3) is 6.24. The van der Waals surface area contributed by atoms with Crippen molar-refractivity contribution in [2.24, 2.45) is 0 Å². The molecule has 2 aromatic carbocycles. The fourth-order valence-electron chi connectivity index (χ4n) is 2.25. The van der Waals surface area contributed by atoms with E-state index in [2.05, 4.69) is 5.32 Å². The van der Waals surface area contributed by atoms with Gasteiger partial charge in [-0.3, -0.25) is 14.9 Å². The molecule has 0 aliphatic carbocycles. The molecular weight excluding hydrogens is 486 g/mol. The van der Waals surface area contributed by atoms with Gasteiger partial charge in [-0.05, 0) is 24.3 Å². The molecule has 0 heterocycles. The van der Waals surface area contributed by atoms with E-state index in [-0.39, 0.29) is 27.6 Å². The largest absolute Gasteiger partial charge is 0.456 e. The summed E-state index contributed by atoms with van der Waals surface area (Å²) in [6, 6.07) is 6.89. The van der Waals surface area contributed by atoms with Gasteiger partial charge in [0, 0.05) is 12.1 Å². The van der Waals surface area contributed by atoms with Crippen molar-refractivity contribution in [1.82, 2.24) is 5.32 Å². The van der Waals surface area contributed by atoms with Gasteiger partial charge < -0.3 is 10.1 Å². The number of carbonyl (C=O) groups is 1. The Morgan fingerprint density at radius 3 is 2.42 bits per heavy atom. The average molecular weight is 495 g/mol. The van der Waals surface area contributed by atoms with Crippen LogP contribution in [0.1, 0.15) is 21.5 Å². The number of nitriles is 1. The molecule has 1 amide bonds. The van der Waals surface area contributed by atoms with E-state index in [1.165, 1.54) is 0 Å². The fourth-order valence-corrected chi connectivity index (χ4v) is 2.45. The molecule has 1 N–H and O–H groups in total. The Bertz CT molecular complexity index is 1110. The molecule has 0 fully saturated rings. The first-order valence-electron chi connectivity index (χ1n) is 7.99. The van der Waals surface area contributed by atoms with Crippen LogP contribution in [0.3, 0.4) is 0 Å². The Kier molecular flexibility index (Phi) is 7.73. The lowest BCUT2D eigenvalue weighted by atomic mass is 10.1. The second-order valence-corrected chi connectivity index (χ2v) is 7.11. The quantitative estimate of drug-likeness (QED) is 0.398. The van der Waals surface area contributed by atoms with E-state index >= 15 is 0 Å². The van der Waals surface area contributed by atoms with Crippen molar-refractivity contribution in [2.45, 2.75) is 6.18 Å². The van der Waals surface area contributed by atoms with Crippen LogP contribution < -0.4 is 10.1 Å². The van der Waals surface area contributed by atoms with Gasteiger partial charge in [0.05, 0.1) is 27.6 Å². The fraction of sp³-hybridized carbons (Fsp3) is 0.111. The molecule has 7 nitrogen and oxygen atoms in total. The normalized spacial score (nSPS) is 10.7. The molecule has 0 bridgehead atoms. The van der Waals surface area contributed by atoms with Crippen molar-refractivity contribution in [3.8, 4) is 17.6 Å². The maximum Gasteiger partial charge on any atom is 0.416 e. The van der Waals surface area contributed by atoms with Crippen molar-refractivity contribution in [2.75, 3.05) is 6.54 Å². The number of nitro benzene ring substituents is 1. The molecule has 2 rings (SSSR count). The van der Waals surface area contributed by atoms with Gasteiger partial charge in [-0.25, -0.2) is 0 Å². The zero-order valence-electron chi connectivity index (χ0n) is 15.0. The number of hydrogen-bond donors (Lipinski definition) is 1. The highest BCUT2D eigenvalue weighted by Crippen LogP contribution is 2.35. The molecule has 2 aromatic rings. The van der Waals surface area contributed by atoms with E-state index in [1.807, 2.05) is 0 Å². The van der Waals surface area contributed by atoms with E-state index < -0.39 is 39.4 Å². The number of halogens is 6. The molecule has 31 heavy (non-hydrogen) atoms. The predicted octanol–water partition coefficient (Wildman–Crippen LogP) is 5.89. The SMILES string of the molecule is N#Cc1cc(C(F)(F)F)ccc1Oc1ccc([N+](=O)[O-])c(C(=O)NCC(Cl)=C(Cl)Cl)c1. The topological polar surface area (TPSA) is 105 Å². The van der Waals surface area contributed by atoms with Crippen molar-refractivity contribution in [1.29, 1.82) is 5.26 Å². The summed E-state index contributed by atoms with van der Waals surface area (Å²) in [7, 11) is 0. The third-order valence-electron chi connectivity index (χ3n) is 3.67. The molecule has 0 saturated heterocycles. The molecule has 0 unspecified atom stereocenters. The summed E-state index contributed by atoms with van der Waals surface area (Å²) < 4.78 is 43.5. The average Bonchev–Trinajstić information content (AvgIpc) is 2.70. The number of hydrogen-bond acceptors (Lipinski definition) is 5. The van der Waals surface area contributed by atoms with E-state index in [0.29, 0.717) is 12.1 Å². The van der Waals surface area contributed by atoms with Gasteiger partial charge in [-0.2, -0.15) is 18.4 Å². The summed E-state index contributed by atoms with van der Waals surface area (Å²) in [5, 5.41) is 22.5. The van der Waals surface area contributed by atoms with Gasteiger partial charge in [-0.1, -0.05) is 34.8 Å². The summed E-state index contributed by atoms with van der Waals surface area (Å²) in [4.78, 5) is 22.8. The van der Waals surface area contributed by atoms with Gasteiger partial charge >= 0.3 is 6.18 Å². The van der Waals surface area contributed by atoms with Crippen LogP contribution in [0.15, 0.2) is 45.9 Å². The van der Waals surface area contributed by atoms with Crippen LogP contribution in [-0.2, 0) is 6.18 Å². The van der Waals surface area contributed by atoms with Crippen LogP contribution in [-0.4, -0.2) is 17.4 Å². The Morgan fingerprint density at radius 2 is 1.87 bits per heavy atom. The van der Waals surface area contributed by atoms with Crippen molar-refractivity contribution < 1.29 is 27.6 Å². The highest BCUT2D eigenvalue weighted by molar-refractivity contribution is 6.59. The number of ether oxygens (including phenoxy) is 1. The molecule has 0 radical (unpaired) electrons. The number of nitro groups is 1. The van der Waals surface area contributed by atoms with Crippen LogP contribution in [0.5, 0.6) is 11.5 Å². The summed E-state index contributed by atoms with van der Waals surface area (Å²) in [6.07, 6.45) is -4.66. The Labute approximate surface area is 187 Å². The lowest BCUT2D eigenvalue weighted by Gasteiger charge is -2.12. The van der Waals surface area contributed by atoms with Crippen LogP contribution in [0.4, 0.5) is 18.9 Å². The standard InChI is InChI=1S/C18H9Cl3F3N3O4/c19-13(16(20)21)8-26-17(28)12-6-11(2-3-14(12)27(29)30)31-15-4-1-10(18(22,23)24)5-9(15)7-25/h1-6H,8H2,(H,26,28). The first-order valence-corrected chi connectivity index (χ1v) is 9.13. The Hall–Kier alpha value is -3.00. The number of nitrogens with zero attached hydrogens (tertiary/aromatic N) is 2. The monoisotopic (exact) mass is 493 g/mol. The van der Waals surface area contributed by atoms with Crippen LogP contribution in [0.2, 0.25) is 0 Å². The van der Waals surface area contributed by atoms with Gasteiger partial charge in [0.2, 0.25) is 0 Å². The second-order valence-electron chi connectivity index (χ2n) is 5.71. The van der Waals surface area contributed by atoms with Crippen LogP contribution in [0, 0.1) is 21.4 Å². The minimum atomic E-state index is -4.66. The number of alkyl halides is 3. The number of rotatable bonds is 6. The highest BCUT2D eigenvalue weighted by atomic mass is 35.5. The molecule has 13 heteroatoms. The molecule has 0 aliphatic heterocycles. The minimum Gasteiger partial charge on any atom is -0.456 e. The third-order valence-corrected chi connectivity index (χ3v) is 4.65. The van der Waals surface area contributed by atoms with E-state index in [4.69, 9.17) is 44.8 Å². The van der Waals surface area contributed by atoms with Crippen molar-refractivity contribution in [3.63, 3.8) is 0 Å². The lowest BCUT2D eigenvalue weighted by Crippen LogP contribution is -2.25. The first-order chi connectivity index (χ1) is 14.4.